The van der Waals surface area contributed by atoms with Gasteiger partial charge in [0.05, 0.1) is 16.3 Å². The highest BCUT2D eigenvalue weighted by molar-refractivity contribution is 9.10. The number of aromatic hydroxyl groups is 1. The zero-order valence-electron chi connectivity index (χ0n) is 17.5. The van der Waals surface area contributed by atoms with Crippen molar-refractivity contribution >= 4 is 43.3 Å². The lowest BCUT2D eigenvalue weighted by Gasteiger charge is -2.24. The molecule has 0 unspecified atom stereocenters. The SMILES string of the molecule is C/C(=N/NC(=O)CN(c1cccc(Br)c1)S(=O)(=O)c1ccc(C)cc1)c1ccccc1O. The summed E-state index contributed by atoms with van der Waals surface area (Å²) in [5.41, 5.74) is 4.47. The van der Waals surface area contributed by atoms with Crippen molar-refractivity contribution in [2.24, 2.45) is 5.10 Å². The van der Waals surface area contributed by atoms with E-state index in [4.69, 9.17) is 0 Å². The number of anilines is 1. The van der Waals surface area contributed by atoms with Gasteiger partial charge < -0.3 is 5.11 Å². The molecule has 0 aliphatic heterocycles. The van der Waals surface area contributed by atoms with E-state index in [0.29, 0.717) is 21.4 Å². The number of rotatable bonds is 7. The van der Waals surface area contributed by atoms with Gasteiger partial charge in [0.2, 0.25) is 0 Å². The Labute approximate surface area is 195 Å². The molecule has 0 spiro atoms. The Morgan fingerprint density at radius 1 is 1.06 bits per heavy atom. The molecular formula is C23H22BrN3O4S. The third kappa shape index (κ3) is 5.54. The van der Waals surface area contributed by atoms with Crippen molar-refractivity contribution in [1.29, 1.82) is 0 Å². The van der Waals surface area contributed by atoms with Gasteiger partial charge in [0.15, 0.2) is 0 Å². The van der Waals surface area contributed by atoms with Crippen LogP contribution in [-0.2, 0) is 14.8 Å². The Morgan fingerprint density at radius 3 is 2.41 bits per heavy atom. The highest BCUT2D eigenvalue weighted by Crippen LogP contribution is 2.26. The molecule has 3 rings (SSSR count). The summed E-state index contributed by atoms with van der Waals surface area (Å²) in [4.78, 5) is 12.7. The number of phenolic OH excluding ortho intramolecular Hbond substituents is 1. The summed E-state index contributed by atoms with van der Waals surface area (Å²) < 4.78 is 28.4. The number of hydrogen-bond acceptors (Lipinski definition) is 5. The van der Waals surface area contributed by atoms with Crippen LogP contribution < -0.4 is 9.73 Å². The van der Waals surface area contributed by atoms with Gasteiger partial charge in [-0.25, -0.2) is 13.8 Å². The van der Waals surface area contributed by atoms with Crippen LogP contribution in [0.15, 0.2) is 87.3 Å². The summed E-state index contributed by atoms with van der Waals surface area (Å²) in [6.07, 6.45) is 0. The van der Waals surface area contributed by atoms with Gasteiger partial charge in [0, 0.05) is 10.0 Å². The molecule has 0 aliphatic rings. The average Bonchev–Trinajstić information content (AvgIpc) is 2.76. The van der Waals surface area contributed by atoms with Gasteiger partial charge >= 0.3 is 0 Å². The average molecular weight is 516 g/mol. The minimum atomic E-state index is -4.02. The number of hydrazone groups is 1. The maximum atomic E-state index is 13.4. The van der Waals surface area contributed by atoms with E-state index in [1.807, 2.05) is 6.92 Å². The summed E-state index contributed by atoms with van der Waals surface area (Å²) in [5, 5.41) is 13.9. The highest BCUT2D eigenvalue weighted by atomic mass is 79.9. The van der Waals surface area contributed by atoms with Gasteiger partial charge in [0.1, 0.15) is 12.3 Å². The maximum absolute atomic E-state index is 13.4. The van der Waals surface area contributed by atoms with E-state index in [-0.39, 0.29) is 10.6 Å². The zero-order chi connectivity index (χ0) is 23.3. The molecule has 2 N–H and O–H groups in total. The monoisotopic (exact) mass is 515 g/mol. The first-order valence-electron chi connectivity index (χ1n) is 9.65. The molecule has 9 heteroatoms. The van der Waals surface area contributed by atoms with Crippen LogP contribution in [0, 0.1) is 6.92 Å². The van der Waals surface area contributed by atoms with Crippen molar-refractivity contribution in [3.8, 4) is 5.75 Å². The Hall–Kier alpha value is -3.17. The molecule has 0 saturated heterocycles. The summed E-state index contributed by atoms with van der Waals surface area (Å²) >= 11 is 3.34. The first-order valence-corrected chi connectivity index (χ1v) is 11.9. The number of hydrogen-bond donors (Lipinski definition) is 2. The minimum Gasteiger partial charge on any atom is -0.507 e. The van der Waals surface area contributed by atoms with Crippen LogP contribution >= 0.6 is 15.9 Å². The summed E-state index contributed by atoms with van der Waals surface area (Å²) in [6.45, 7) is 3.01. The van der Waals surface area contributed by atoms with Crippen LogP contribution in [-0.4, -0.2) is 31.7 Å². The van der Waals surface area contributed by atoms with Crippen molar-refractivity contribution in [3.63, 3.8) is 0 Å². The molecule has 3 aromatic rings. The van der Waals surface area contributed by atoms with Crippen molar-refractivity contribution in [3.05, 3.63) is 88.4 Å². The lowest BCUT2D eigenvalue weighted by molar-refractivity contribution is -0.119. The first-order chi connectivity index (χ1) is 15.2. The first kappa shape index (κ1) is 23.5. The summed E-state index contributed by atoms with van der Waals surface area (Å²) in [5.74, 6) is -0.601. The molecular weight excluding hydrogens is 494 g/mol. The van der Waals surface area contributed by atoms with E-state index in [2.05, 4.69) is 26.5 Å². The fraction of sp³-hybridized carbons (Fsp3) is 0.130. The van der Waals surface area contributed by atoms with Crippen LogP contribution in [0.1, 0.15) is 18.1 Å². The van der Waals surface area contributed by atoms with Crippen LogP contribution in [0.2, 0.25) is 0 Å². The van der Waals surface area contributed by atoms with Crippen LogP contribution in [0.25, 0.3) is 0 Å². The van der Waals surface area contributed by atoms with Gasteiger partial charge in [-0.1, -0.05) is 51.8 Å². The van der Waals surface area contributed by atoms with Crippen molar-refractivity contribution in [1.82, 2.24) is 5.43 Å². The van der Waals surface area contributed by atoms with Gasteiger partial charge in [-0.15, -0.1) is 0 Å². The molecule has 0 bridgehead atoms. The van der Waals surface area contributed by atoms with Crippen molar-refractivity contribution in [2.75, 3.05) is 10.8 Å². The predicted octanol–water partition coefficient (Wildman–Crippen LogP) is 4.20. The van der Waals surface area contributed by atoms with E-state index in [1.54, 1.807) is 61.5 Å². The molecule has 3 aromatic carbocycles. The van der Waals surface area contributed by atoms with Crippen LogP contribution in [0.5, 0.6) is 5.75 Å². The van der Waals surface area contributed by atoms with Gasteiger partial charge in [-0.05, 0) is 56.3 Å². The molecule has 0 aliphatic carbocycles. The number of para-hydroxylation sites is 1. The number of aryl methyl sites for hydroxylation is 1. The number of benzene rings is 3. The Balaban J connectivity index is 1.89. The van der Waals surface area contributed by atoms with Crippen LogP contribution in [0.3, 0.4) is 0 Å². The molecule has 1 amide bonds. The number of amides is 1. The van der Waals surface area contributed by atoms with Crippen LogP contribution in [0.4, 0.5) is 5.69 Å². The van der Waals surface area contributed by atoms with Crippen molar-refractivity contribution in [2.45, 2.75) is 18.7 Å². The molecule has 0 atom stereocenters. The normalized spacial score (nSPS) is 11.8. The van der Waals surface area contributed by atoms with E-state index in [1.165, 1.54) is 18.2 Å². The highest BCUT2D eigenvalue weighted by Gasteiger charge is 2.27. The number of carbonyl (C=O) groups excluding carboxylic acids is 1. The molecule has 0 aromatic heterocycles. The topological polar surface area (TPSA) is 99.1 Å². The molecule has 32 heavy (non-hydrogen) atoms. The standard InChI is InChI=1S/C23H22BrN3O4S/c1-16-10-12-20(13-11-16)32(30,31)27(19-7-5-6-18(24)14-19)15-23(29)26-25-17(2)21-8-3-4-9-22(21)28/h3-14,28H,15H2,1-2H3,(H,26,29)/b25-17-. The van der Waals surface area contributed by atoms with Crippen molar-refractivity contribution < 1.29 is 18.3 Å². The molecule has 0 fully saturated rings. The third-order valence-electron chi connectivity index (χ3n) is 4.63. The smallest absolute Gasteiger partial charge is 0.264 e. The van der Waals surface area contributed by atoms with E-state index in [0.717, 1.165) is 9.87 Å². The number of sulfonamides is 1. The minimum absolute atomic E-state index is 0.0284. The fourth-order valence-electron chi connectivity index (χ4n) is 2.94. The predicted molar refractivity (Wildman–Crippen MR) is 128 cm³/mol. The van der Waals surface area contributed by atoms with E-state index in [9.17, 15) is 18.3 Å². The quantitative estimate of drug-likeness (QED) is 0.363. The number of nitrogens with one attached hydrogen (secondary N) is 1. The second-order valence-electron chi connectivity index (χ2n) is 7.05. The fourth-order valence-corrected chi connectivity index (χ4v) is 4.74. The third-order valence-corrected chi connectivity index (χ3v) is 6.92. The molecule has 7 nitrogen and oxygen atoms in total. The van der Waals surface area contributed by atoms with Gasteiger partial charge in [-0.2, -0.15) is 5.10 Å². The Morgan fingerprint density at radius 2 is 1.75 bits per heavy atom. The maximum Gasteiger partial charge on any atom is 0.264 e. The van der Waals surface area contributed by atoms with E-state index >= 15 is 0 Å². The molecule has 166 valence electrons. The number of phenols is 1. The number of nitrogens with zero attached hydrogens (tertiary/aromatic N) is 2. The Bertz CT molecular complexity index is 1260. The second-order valence-corrected chi connectivity index (χ2v) is 9.83. The number of halogens is 1. The van der Waals surface area contributed by atoms with Gasteiger partial charge in [-0.3, -0.25) is 9.10 Å². The lowest BCUT2D eigenvalue weighted by Crippen LogP contribution is -2.39. The molecule has 0 saturated carbocycles. The summed E-state index contributed by atoms with van der Waals surface area (Å²) in [6, 6.07) is 19.7. The lowest BCUT2D eigenvalue weighted by atomic mass is 10.1. The molecule has 0 heterocycles. The zero-order valence-corrected chi connectivity index (χ0v) is 19.9. The second kappa shape index (κ2) is 9.97. The van der Waals surface area contributed by atoms with E-state index < -0.39 is 22.5 Å². The molecule has 0 radical (unpaired) electrons. The van der Waals surface area contributed by atoms with Gasteiger partial charge in [0.25, 0.3) is 15.9 Å². The Kier molecular flexibility index (Phi) is 7.32. The largest absolute Gasteiger partial charge is 0.507 e. The number of carbonyl (C=O) groups is 1. The summed E-state index contributed by atoms with van der Waals surface area (Å²) in [7, 11) is -4.02.